The van der Waals surface area contributed by atoms with Crippen LogP contribution in [0, 0.1) is 6.92 Å². The predicted molar refractivity (Wildman–Crippen MR) is 250 cm³/mol. The Morgan fingerprint density at radius 3 is 1.64 bits per heavy atom. The van der Waals surface area contributed by atoms with Crippen molar-refractivity contribution in [2.24, 2.45) is 0 Å². The van der Waals surface area contributed by atoms with Crippen LogP contribution in [-0.4, -0.2) is 6.71 Å². The molecule has 0 N–H and O–H groups in total. The summed E-state index contributed by atoms with van der Waals surface area (Å²) in [5.41, 5.74) is 15.8. The maximum atomic E-state index is 2.61. The third-order valence-electron chi connectivity index (χ3n) is 12.2. The lowest BCUT2D eigenvalue weighted by atomic mass is 9.36. The van der Waals surface area contributed by atoms with Gasteiger partial charge in [-0.15, -0.1) is 22.7 Å². The number of hydrogen-bond acceptors (Lipinski definition) is 4. The number of benzene rings is 6. The third-order valence-corrected chi connectivity index (χ3v) is 14.5. The standard InChI is InChI=1S/C51H49BN2S2/c1-30-25-41-46-42(26-30)54(35-22-17-32(18-23-35)50(5,6)7)47-38-27-33(51(8,9)10)19-24-44(38)56-48(47)52(46)39-29-45-37(36-13-11-12-14-43(36)55-45)28-40(39)53(41)34-20-15-31(16-21-34)49(2,3)4/h11-29H,1-10H3. The molecule has 278 valence electrons. The van der Waals surface area contributed by atoms with Crippen molar-refractivity contribution in [2.75, 3.05) is 9.80 Å². The molecule has 2 aliphatic rings. The van der Waals surface area contributed by atoms with Crippen molar-refractivity contribution in [1.82, 2.24) is 0 Å². The molecule has 0 unspecified atom stereocenters. The normalized spacial score (nSPS) is 14.1. The highest BCUT2D eigenvalue weighted by Gasteiger charge is 2.46. The quantitative estimate of drug-likeness (QED) is 0.162. The van der Waals surface area contributed by atoms with Gasteiger partial charge in [0.15, 0.2) is 0 Å². The molecule has 2 nitrogen and oxygen atoms in total. The summed E-state index contributed by atoms with van der Waals surface area (Å²) in [6.45, 7) is 23.2. The highest BCUT2D eigenvalue weighted by molar-refractivity contribution is 7.34. The van der Waals surface area contributed by atoms with Crippen LogP contribution in [0.4, 0.5) is 34.1 Å². The number of anilines is 6. The fourth-order valence-corrected chi connectivity index (χ4v) is 11.5. The largest absolute Gasteiger partial charge is 0.311 e. The lowest BCUT2D eigenvalue weighted by molar-refractivity contribution is 0.590. The monoisotopic (exact) mass is 764 g/mol. The molecule has 5 heteroatoms. The zero-order chi connectivity index (χ0) is 39.1. The van der Waals surface area contributed by atoms with Gasteiger partial charge < -0.3 is 9.80 Å². The van der Waals surface area contributed by atoms with E-state index >= 15 is 0 Å². The predicted octanol–water partition coefficient (Wildman–Crippen LogP) is 13.6. The van der Waals surface area contributed by atoms with E-state index < -0.39 is 0 Å². The van der Waals surface area contributed by atoms with Gasteiger partial charge in [-0.25, -0.2) is 0 Å². The molecule has 2 aliphatic heterocycles. The molecule has 0 saturated heterocycles. The summed E-state index contributed by atoms with van der Waals surface area (Å²) >= 11 is 3.91. The molecule has 0 saturated carbocycles. The van der Waals surface area contributed by atoms with Crippen molar-refractivity contribution in [3.63, 3.8) is 0 Å². The smallest absolute Gasteiger partial charge is 0.264 e. The van der Waals surface area contributed by atoms with E-state index in [1.165, 1.54) is 102 Å². The van der Waals surface area contributed by atoms with Gasteiger partial charge in [0.25, 0.3) is 6.71 Å². The van der Waals surface area contributed by atoms with Gasteiger partial charge in [0, 0.05) is 63.5 Å². The SMILES string of the molecule is Cc1cc2c3c(c1)N(c1ccc(C(C)(C)C)cc1)c1c(sc4ccc(C(C)(C)C)cc14)B3c1cc3sc4ccccc4c3cc1N2c1ccc(C(C)(C)C)cc1. The minimum atomic E-state index is 0.0335. The van der Waals surface area contributed by atoms with Gasteiger partial charge in [0.1, 0.15) is 0 Å². The summed E-state index contributed by atoms with van der Waals surface area (Å²) in [5, 5.41) is 4.01. The molecular formula is C51H49BN2S2. The number of fused-ring (bicyclic) bond motifs is 9. The molecule has 8 aromatic rings. The van der Waals surface area contributed by atoms with Crippen molar-refractivity contribution in [2.45, 2.75) is 85.5 Å². The molecule has 2 aromatic heterocycles. The summed E-state index contributed by atoms with van der Waals surface area (Å²) in [4.78, 5) is 5.19. The van der Waals surface area contributed by atoms with Crippen LogP contribution in [0.15, 0.2) is 115 Å². The van der Waals surface area contributed by atoms with Crippen molar-refractivity contribution in [1.29, 1.82) is 0 Å². The zero-order valence-corrected chi connectivity index (χ0v) is 35.9. The molecular weight excluding hydrogens is 716 g/mol. The minimum absolute atomic E-state index is 0.0335. The second-order valence-electron chi connectivity index (χ2n) is 19.2. The lowest BCUT2D eigenvalue weighted by Crippen LogP contribution is -2.60. The highest BCUT2D eigenvalue weighted by Crippen LogP contribution is 2.50. The fourth-order valence-electron chi connectivity index (χ4n) is 9.07. The lowest BCUT2D eigenvalue weighted by Gasteiger charge is -2.43. The zero-order valence-electron chi connectivity index (χ0n) is 34.3. The van der Waals surface area contributed by atoms with Crippen molar-refractivity contribution < 1.29 is 0 Å². The number of hydrogen-bond donors (Lipinski definition) is 0. The van der Waals surface area contributed by atoms with Gasteiger partial charge in [-0.1, -0.05) is 111 Å². The van der Waals surface area contributed by atoms with E-state index in [2.05, 4.69) is 194 Å². The molecule has 0 spiro atoms. The third kappa shape index (κ3) is 5.41. The number of thiophene rings is 2. The average Bonchev–Trinajstić information content (AvgIpc) is 3.71. The molecule has 0 radical (unpaired) electrons. The summed E-state index contributed by atoms with van der Waals surface area (Å²) in [5.74, 6) is 0. The Labute approximate surface area is 340 Å². The number of nitrogens with zero attached hydrogens (tertiary/aromatic N) is 2. The second kappa shape index (κ2) is 12.1. The van der Waals surface area contributed by atoms with E-state index in [4.69, 9.17) is 0 Å². The van der Waals surface area contributed by atoms with Gasteiger partial charge >= 0.3 is 0 Å². The maximum absolute atomic E-state index is 2.61. The molecule has 10 rings (SSSR count). The Morgan fingerprint density at radius 1 is 0.464 bits per heavy atom. The van der Waals surface area contributed by atoms with Crippen LogP contribution in [0.3, 0.4) is 0 Å². The van der Waals surface area contributed by atoms with E-state index in [-0.39, 0.29) is 23.0 Å². The first-order valence-electron chi connectivity index (χ1n) is 20.0. The molecule has 0 fully saturated rings. The summed E-state index contributed by atoms with van der Waals surface area (Å²) in [7, 11) is 0. The number of aryl methyl sites for hydroxylation is 1. The molecule has 0 aliphatic carbocycles. The first-order chi connectivity index (χ1) is 26.6. The Kier molecular flexibility index (Phi) is 7.68. The molecule has 4 heterocycles. The summed E-state index contributed by atoms with van der Waals surface area (Å²) in [6.07, 6.45) is 0. The first-order valence-corrected chi connectivity index (χ1v) is 21.7. The molecule has 0 amide bonds. The number of rotatable bonds is 2. The van der Waals surface area contributed by atoms with Crippen molar-refractivity contribution in [3.8, 4) is 0 Å². The van der Waals surface area contributed by atoms with Gasteiger partial charge in [-0.3, -0.25) is 0 Å². The van der Waals surface area contributed by atoms with Gasteiger partial charge in [-0.05, 0) is 123 Å². The van der Waals surface area contributed by atoms with E-state index in [0.29, 0.717) is 0 Å². The topological polar surface area (TPSA) is 6.48 Å². The van der Waals surface area contributed by atoms with Crippen LogP contribution < -0.4 is 25.5 Å². The Bertz CT molecular complexity index is 2870. The molecule has 6 aromatic carbocycles. The first kappa shape index (κ1) is 35.6. The van der Waals surface area contributed by atoms with Crippen molar-refractivity contribution >= 4 is 109 Å². The van der Waals surface area contributed by atoms with Gasteiger partial charge in [0.05, 0.1) is 5.69 Å². The van der Waals surface area contributed by atoms with Crippen molar-refractivity contribution in [3.05, 3.63) is 138 Å². The fraction of sp³-hybridized carbons (Fsp3) is 0.255. The second-order valence-corrected chi connectivity index (χ2v) is 21.4. The van der Waals surface area contributed by atoms with Crippen LogP contribution in [-0.2, 0) is 16.2 Å². The Morgan fingerprint density at radius 2 is 1.02 bits per heavy atom. The van der Waals surface area contributed by atoms with Crippen LogP contribution in [0.5, 0.6) is 0 Å². The van der Waals surface area contributed by atoms with Gasteiger partial charge in [0.2, 0.25) is 0 Å². The van der Waals surface area contributed by atoms with E-state index in [0.717, 1.165) is 0 Å². The molecule has 56 heavy (non-hydrogen) atoms. The minimum Gasteiger partial charge on any atom is -0.311 e. The maximum Gasteiger partial charge on any atom is 0.264 e. The van der Waals surface area contributed by atoms with E-state index in [9.17, 15) is 0 Å². The molecule has 0 bridgehead atoms. The summed E-state index contributed by atoms with van der Waals surface area (Å²) in [6, 6.07) is 44.9. The molecule has 0 atom stereocenters. The Balaban J connectivity index is 1.32. The highest BCUT2D eigenvalue weighted by atomic mass is 32.1. The average molecular weight is 765 g/mol. The van der Waals surface area contributed by atoms with E-state index in [1.54, 1.807) is 0 Å². The van der Waals surface area contributed by atoms with E-state index in [1.807, 2.05) is 22.7 Å². The van der Waals surface area contributed by atoms with Crippen LogP contribution in [0.1, 0.15) is 84.6 Å². The van der Waals surface area contributed by atoms with Gasteiger partial charge in [-0.2, -0.15) is 0 Å². The van der Waals surface area contributed by atoms with Crippen LogP contribution in [0.25, 0.3) is 30.3 Å². The Hall–Kier alpha value is -4.84. The van der Waals surface area contributed by atoms with Crippen LogP contribution in [0.2, 0.25) is 0 Å². The van der Waals surface area contributed by atoms with Crippen LogP contribution >= 0.6 is 22.7 Å². The summed E-state index contributed by atoms with van der Waals surface area (Å²) < 4.78 is 5.46.